The monoisotopic (exact) mass is 343 g/mol. The number of ether oxygens (including phenoxy) is 1. The van der Waals surface area contributed by atoms with Crippen molar-refractivity contribution in [1.82, 2.24) is 5.32 Å². The Bertz CT molecular complexity index is 707. The van der Waals surface area contributed by atoms with Gasteiger partial charge in [0.05, 0.1) is 7.11 Å². The first-order valence-electron chi connectivity index (χ1n) is 8.52. The first-order chi connectivity index (χ1) is 12.0. The van der Waals surface area contributed by atoms with Crippen molar-refractivity contribution in [1.29, 1.82) is 0 Å². The minimum atomic E-state index is -0.987. The van der Waals surface area contributed by atoms with Crippen LogP contribution in [0.4, 0.5) is 0 Å². The maximum Gasteiger partial charge on any atom is 0.331 e. The van der Waals surface area contributed by atoms with E-state index < -0.39 is 11.5 Å². The second-order valence-electron chi connectivity index (χ2n) is 6.25. The van der Waals surface area contributed by atoms with Crippen LogP contribution >= 0.6 is 0 Å². The van der Waals surface area contributed by atoms with Gasteiger partial charge in [-0.3, -0.25) is 4.79 Å². The zero-order valence-electron chi connectivity index (χ0n) is 15.0. The summed E-state index contributed by atoms with van der Waals surface area (Å²) in [6.45, 7) is 3.65. The minimum absolute atomic E-state index is 0.195. The van der Waals surface area contributed by atoms with Crippen LogP contribution in [0.25, 0.3) is 11.3 Å². The SMILES string of the molecule is CCCC(C)(NC(=O)CCc1ccc(-c2ccccc2)o1)C(=O)OC. The Morgan fingerprint density at radius 3 is 2.52 bits per heavy atom. The molecule has 1 N–H and O–H groups in total. The van der Waals surface area contributed by atoms with E-state index in [4.69, 9.17) is 9.15 Å². The summed E-state index contributed by atoms with van der Waals surface area (Å²) in [4.78, 5) is 24.2. The standard InChI is InChI=1S/C20H25NO4/c1-4-14-20(2,19(23)24-3)21-18(22)13-11-16-10-12-17(25-16)15-8-6-5-7-9-15/h5-10,12H,4,11,13-14H2,1-3H3,(H,21,22). The van der Waals surface area contributed by atoms with Crippen molar-refractivity contribution in [2.45, 2.75) is 45.1 Å². The topological polar surface area (TPSA) is 68.5 Å². The lowest BCUT2D eigenvalue weighted by Gasteiger charge is -2.27. The third-order valence-electron chi connectivity index (χ3n) is 4.12. The van der Waals surface area contributed by atoms with E-state index in [0.29, 0.717) is 12.8 Å². The summed E-state index contributed by atoms with van der Waals surface area (Å²) in [5.41, 5.74) is 0.0123. The molecule has 1 aromatic carbocycles. The van der Waals surface area contributed by atoms with E-state index in [1.54, 1.807) is 6.92 Å². The molecule has 2 aromatic rings. The van der Waals surface area contributed by atoms with Crippen LogP contribution in [-0.4, -0.2) is 24.5 Å². The second kappa shape index (κ2) is 8.51. The van der Waals surface area contributed by atoms with Gasteiger partial charge in [-0.15, -0.1) is 0 Å². The molecule has 0 aliphatic heterocycles. The van der Waals surface area contributed by atoms with Crippen molar-refractivity contribution >= 4 is 11.9 Å². The first kappa shape index (κ1) is 18.8. The highest BCUT2D eigenvalue weighted by atomic mass is 16.5. The molecule has 1 atom stereocenters. The highest BCUT2D eigenvalue weighted by Crippen LogP contribution is 2.22. The molecule has 1 unspecified atom stereocenters. The number of aryl methyl sites for hydroxylation is 1. The smallest absolute Gasteiger partial charge is 0.331 e. The molecule has 1 heterocycles. The Morgan fingerprint density at radius 1 is 1.16 bits per heavy atom. The molecule has 0 saturated carbocycles. The van der Waals surface area contributed by atoms with E-state index in [-0.39, 0.29) is 12.3 Å². The number of furan rings is 1. The molecule has 0 saturated heterocycles. The van der Waals surface area contributed by atoms with Gasteiger partial charge in [0.1, 0.15) is 17.1 Å². The molecule has 0 aliphatic rings. The van der Waals surface area contributed by atoms with Crippen LogP contribution in [0.3, 0.4) is 0 Å². The summed E-state index contributed by atoms with van der Waals surface area (Å²) in [5, 5.41) is 2.80. The molecule has 134 valence electrons. The summed E-state index contributed by atoms with van der Waals surface area (Å²) < 4.78 is 10.6. The molecule has 5 nitrogen and oxygen atoms in total. The van der Waals surface area contributed by atoms with E-state index >= 15 is 0 Å². The van der Waals surface area contributed by atoms with Crippen LogP contribution in [0, 0.1) is 0 Å². The van der Waals surface area contributed by atoms with E-state index in [1.165, 1.54) is 7.11 Å². The second-order valence-corrected chi connectivity index (χ2v) is 6.25. The van der Waals surface area contributed by atoms with Gasteiger partial charge in [-0.05, 0) is 25.5 Å². The van der Waals surface area contributed by atoms with Gasteiger partial charge in [0.25, 0.3) is 0 Å². The molecule has 5 heteroatoms. The molecule has 0 spiro atoms. The maximum atomic E-state index is 12.2. The molecule has 1 amide bonds. The number of hydrogen-bond acceptors (Lipinski definition) is 4. The van der Waals surface area contributed by atoms with Gasteiger partial charge in [-0.25, -0.2) is 4.79 Å². The van der Waals surface area contributed by atoms with Gasteiger partial charge in [-0.1, -0.05) is 43.7 Å². The van der Waals surface area contributed by atoms with Gasteiger partial charge < -0.3 is 14.5 Å². The van der Waals surface area contributed by atoms with Crippen LogP contribution in [-0.2, 0) is 20.7 Å². The lowest BCUT2D eigenvalue weighted by atomic mass is 9.96. The molecule has 0 aliphatic carbocycles. The number of nitrogens with one attached hydrogen (secondary N) is 1. The van der Waals surface area contributed by atoms with Crippen LogP contribution in [0.1, 0.15) is 38.9 Å². The van der Waals surface area contributed by atoms with Gasteiger partial charge in [0, 0.05) is 18.4 Å². The number of hydrogen-bond donors (Lipinski definition) is 1. The number of benzene rings is 1. The van der Waals surface area contributed by atoms with Crippen LogP contribution in [0.2, 0.25) is 0 Å². The molecular weight excluding hydrogens is 318 g/mol. The lowest BCUT2D eigenvalue weighted by molar-refractivity contribution is -0.150. The summed E-state index contributed by atoms with van der Waals surface area (Å²) in [7, 11) is 1.33. The van der Waals surface area contributed by atoms with Crippen LogP contribution < -0.4 is 5.32 Å². The maximum absolute atomic E-state index is 12.2. The number of methoxy groups -OCH3 is 1. The molecule has 1 aromatic heterocycles. The molecule has 25 heavy (non-hydrogen) atoms. The summed E-state index contributed by atoms with van der Waals surface area (Å²) in [5.74, 6) is 0.900. The zero-order chi connectivity index (χ0) is 18.3. The highest BCUT2D eigenvalue weighted by Gasteiger charge is 2.34. The number of rotatable bonds is 8. The molecule has 0 radical (unpaired) electrons. The van der Waals surface area contributed by atoms with E-state index in [1.807, 2.05) is 49.4 Å². The Labute approximate surface area is 148 Å². The fourth-order valence-electron chi connectivity index (χ4n) is 2.82. The summed E-state index contributed by atoms with van der Waals surface area (Å²) in [6.07, 6.45) is 2.02. The third kappa shape index (κ3) is 4.95. The Hall–Kier alpha value is -2.56. The van der Waals surface area contributed by atoms with Crippen molar-refractivity contribution in [2.24, 2.45) is 0 Å². The van der Waals surface area contributed by atoms with Crippen LogP contribution in [0.15, 0.2) is 46.9 Å². The fraction of sp³-hybridized carbons (Fsp3) is 0.400. The van der Waals surface area contributed by atoms with Crippen molar-refractivity contribution < 1.29 is 18.7 Å². The summed E-state index contributed by atoms with van der Waals surface area (Å²) in [6, 6.07) is 13.6. The van der Waals surface area contributed by atoms with E-state index in [0.717, 1.165) is 23.5 Å². The predicted molar refractivity (Wildman–Crippen MR) is 95.9 cm³/mol. The normalized spacial score (nSPS) is 13.1. The van der Waals surface area contributed by atoms with Crippen molar-refractivity contribution in [3.8, 4) is 11.3 Å². The molecule has 2 rings (SSSR count). The molecular formula is C20H25NO4. The number of esters is 1. The number of amides is 1. The summed E-state index contributed by atoms with van der Waals surface area (Å²) >= 11 is 0. The Morgan fingerprint density at radius 2 is 1.88 bits per heavy atom. The Balaban J connectivity index is 1.93. The first-order valence-corrected chi connectivity index (χ1v) is 8.52. The van der Waals surface area contributed by atoms with Gasteiger partial charge >= 0.3 is 5.97 Å². The fourth-order valence-corrected chi connectivity index (χ4v) is 2.82. The van der Waals surface area contributed by atoms with E-state index in [2.05, 4.69) is 5.32 Å². The lowest BCUT2D eigenvalue weighted by Crippen LogP contribution is -2.52. The molecule has 0 bridgehead atoms. The molecule has 0 fully saturated rings. The Kier molecular flexibility index (Phi) is 6.39. The highest BCUT2D eigenvalue weighted by molar-refractivity contribution is 5.87. The quantitative estimate of drug-likeness (QED) is 0.742. The van der Waals surface area contributed by atoms with Crippen molar-refractivity contribution in [2.75, 3.05) is 7.11 Å². The van der Waals surface area contributed by atoms with E-state index in [9.17, 15) is 9.59 Å². The van der Waals surface area contributed by atoms with Crippen molar-refractivity contribution in [3.05, 3.63) is 48.2 Å². The van der Waals surface area contributed by atoms with Crippen molar-refractivity contribution in [3.63, 3.8) is 0 Å². The number of carbonyl (C=O) groups is 2. The zero-order valence-corrected chi connectivity index (χ0v) is 15.0. The van der Waals surface area contributed by atoms with Gasteiger partial charge in [0.2, 0.25) is 5.91 Å². The predicted octanol–water partition coefficient (Wildman–Crippen LogP) is 3.73. The van der Waals surface area contributed by atoms with Crippen LogP contribution in [0.5, 0.6) is 0 Å². The third-order valence-corrected chi connectivity index (χ3v) is 4.12. The minimum Gasteiger partial charge on any atom is -0.467 e. The van der Waals surface area contributed by atoms with Gasteiger partial charge in [0.15, 0.2) is 0 Å². The number of carbonyl (C=O) groups excluding carboxylic acids is 2. The average molecular weight is 343 g/mol. The largest absolute Gasteiger partial charge is 0.467 e. The van der Waals surface area contributed by atoms with Gasteiger partial charge in [-0.2, -0.15) is 0 Å². The average Bonchev–Trinajstić information content (AvgIpc) is 3.09.